The van der Waals surface area contributed by atoms with E-state index in [0.29, 0.717) is 43.9 Å². The zero-order valence-electron chi connectivity index (χ0n) is 15.9. The Morgan fingerprint density at radius 2 is 1.45 bits per heavy atom. The zero-order chi connectivity index (χ0) is 20.2. The van der Waals surface area contributed by atoms with E-state index in [1.165, 1.54) is 10.7 Å². The highest BCUT2D eigenvalue weighted by Crippen LogP contribution is 2.15. The summed E-state index contributed by atoms with van der Waals surface area (Å²) in [6.45, 7) is 2.04. The number of hydrogen-bond donors (Lipinski definition) is 0. The second-order valence-corrected chi connectivity index (χ2v) is 6.90. The minimum atomic E-state index is -0.403. The maximum Gasteiger partial charge on any atom is 0.274 e. The van der Waals surface area contributed by atoms with Gasteiger partial charge in [0.25, 0.3) is 11.8 Å². The van der Waals surface area contributed by atoms with E-state index in [1.54, 1.807) is 52.4 Å². The summed E-state index contributed by atoms with van der Waals surface area (Å²) in [5, 5.41) is 4.25. The number of carbonyl (C=O) groups is 2. The maximum atomic E-state index is 14.0. The summed E-state index contributed by atoms with van der Waals surface area (Å²) < 4.78 is 15.3. The van der Waals surface area contributed by atoms with Gasteiger partial charge in [0.15, 0.2) is 5.69 Å². The van der Waals surface area contributed by atoms with E-state index in [4.69, 9.17) is 0 Å². The topological polar surface area (TPSA) is 58.4 Å². The van der Waals surface area contributed by atoms with Crippen molar-refractivity contribution in [2.45, 2.75) is 6.42 Å². The monoisotopic (exact) mass is 392 g/mol. The van der Waals surface area contributed by atoms with Crippen LogP contribution in [-0.2, 0) is 0 Å². The normalized spacial score (nSPS) is 14.5. The molecule has 2 aromatic carbocycles. The lowest BCUT2D eigenvalue weighted by Gasteiger charge is -2.21. The number of rotatable bonds is 3. The summed E-state index contributed by atoms with van der Waals surface area (Å²) >= 11 is 0. The first kappa shape index (κ1) is 18.9. The summed E-state index contributed by atoms with van der Waals surface area (Å²) in [4.78, 5) is 29.0. The molecule has 2 heterocycles. The van der Waals surface area contributed by atoms with Gasteiger partial charge < -0.3 is 9.80 Å². The van der Waals surface area contributed by atoms with Crippen molar-refractivity contribution < 1.29 is 14.0 Å². The summed E-state index contributed by atoms with van der Waals surface area (Å²) in [5.74, 6) is -0.641. The molecule has 0 unspecified atom stereocenters. The lowest BCUT2D eigenvalue weighted by Crippen LogP contribution is -2.37. The first-order chi connectivity index (χ1) is 14.1. The van der Waals surface area contributed by atoms with E-state index in [1.807, 2.05) is 18.2 Å². The molecule has 0 bridgehead atoms. The minimum Gasteiger partial charge on any atom is -0.337 e. The Morgan fingerprint density at radius 1 is 0.793 bits per heavy atom. The standard InChI is InChI=1S/C22H21FN4O2/c23-18-9-4-5-10-20(18)27-14-11-19(24-27)22(29)26-13-6-12-25(15-16-26)21(28)17-7-2-1-3-8-17/h1-5,7-11,14H,6,12-13,15-16H2. The molecule has 0 atom stereocenters. The van der Waals surface area contributed by atoms with Gasteiger partial charge in [0.05, 0.1) is 0 Å². The first-order valence-corrected chi connectivity index (χ1v) is 9.57. The average molecular weight is 392 g/mol. The second-order valence-electron chi connectivity index (χ2n) is 6.90. The van der Waals surface area contributed by atoms with Gasteiger partial charge in [0, 0.05) is 37.9 Å². The molecule has 7 heteroatoms. The summed E-state index contributed by atoms with van der Waals surface area (Å²) in [7, 11) is 0. The Labute approximate surface area is 168 Å². The zero-order valence-corrected chi connectivity index (χ0v) is 15.9. The van der Waals surface area contributed by atoms with E-state index < -0.39 is 5.82 Å². The lowest BCUT2D eigenvalue weighted by atomic mass is 10.2. The fraction of sp³-hybridized carbons (Fsp3) is 0.227. The maximum absolute atomic E-state index is 14.0. The van der Waals surface area contributed by atoms with Crippen LogP contribution in [0.4, 0.5) is 4.39 Å². The molecule has 0 spiro atoms. The molecule has 3 aromatic rings. The summed E-state index contributed by atoms with van der Waals surface area (Å²) in [6, 6.07) is 17.0. The fourth-order valence-electron chi connectivity index (χ4n) is 3.46. The molecule has 1 aromatic heterocycles. The summed E-state index contributed by atoms with van der Waals surface area (Å²) in [6.07, 6.45) is 2.27. The molecule has 1 fully saturated rings. The molecule has 0 aliphatic carbocycles. The number of hydrogen-bond acceptors (Lipinski definition) is 3. The molecule has 148 valence electrons. The molecular weight excluding hydrogens is 371 g/mol. The van der Waals surface area contributed by atoms with Gasteiger partial charge in [-0.15, -0.1) is 0 Å². The number of nitrogens with zero attached hydrogens (tertiary/aromatic N) is 4. The molecule has 0 saturated carbocycles. The smallest absolute Gasteiger partial charge is 0.274 e. The number of aromatic nitrogens is 2. The van der Waals surface area contributed by atoms with Crippen LogP contribution in [-0.4, -0.2) is 57.6 Å². The van der Waals surface area contributed by atoms with Crippen LogP contribution in [0.3, 0.4) is 0 Å². The molecule has 1 aliphatic heterocycles. The largest absolute Gasteiger partial charge is 0.337 e. The van der Waals surface area contributed by atoms with Gasteiger partial charge in [-0.1, -0.05) is 30.3 Å². The Morgan fingerprint density at radius 3 is 2.17 bits per heavy atom. The van der Waals surface area contributed by atoms with Gasteiger partial charge in [-0.25, -0.2) is 9.07 Å². The molecule has 0 N–H and O–H groups in total. The van der Waals surface area contributed by atoms with Crippen LogP contribution >= 0.6 is 0 Å². The minimum absolute atomic E-state index is 0.0243. The fourth-order valence-corrected chi connectivity index (χ4v) is 3.46. The molecule has 0 radical (unpaired) electrons. The Hall–Kier alpha value is -3.48. The van der Waals surface area contributed by atoms with Crippen molar-refractivity contribution in [2.24, 2.45) is 0 Å². The molecule has 6 nitrogen and oxygen atoms in total. The van der Waals surface area contributed by atoms with Gasteiger partial charge in [-0.2, -0.15) is 5.10 Å². The van der Waals surface area contributed by atoms with E-state index in [2.05, 4.69) is 5.10 Å². The van der Waals surface area contributed by atoms with Crippen LogP contribution in [0.2, 0.25) is 0 Å². The number of carbonyl (C=O) groups excluding carboxylic acids is 2. The van der Waals surface area contributed by atoms with Crippen molar-refractivity contribution in [1.82, 2.24) is 19.6 Å². The van der Waals surface area contributed by atoms with Crippen molar-refractivity contribution in [2.75, 3.05) is 26.2 Å². The third-order valence-corrected chi connectivity index (χ3v) is 5.00. The van der Waals surface area contributed by atoms with Gasteiger partial charge in [-0.3, -0.25) is 9.59 Å². The highest BCUT2D eigenvalue weighted by molar-refractivity contribution is 5.94. The molecular formula is C22H21FN4O2. The van der Waals surface area contributed by atoms with Gasteiger partial charge >= 0.3 is 0 Å². The number of benzene rings is 2. The number of halogens is 1. The summed E-state index contributed by atoms with van der Waals surface area (Å²) in [5.41, 5.74) is 1.20. The molecule has 4 rings (SSSR count). The Balaban J connectivity index is 1.44. The predicted molar refractivity (Wildman–Crippen MR) is 106 cm³/mol. The molecule has 1 saturated heterocycles. The third-order valence-electron chi connectivity index (χ3n) is 5.00. The van der Waals surface area contributed by atoms with E-state index in [0.717, 1.165) is 0 Å². The predicted octanol–water partition coefficient (Wildman–Crippen LogP) is 3.00. The van der Waals surface area contributed by atoms with Crippen LogP contribution in [0, 0.1) is 5.82 Å². The Bertz CT molecular complexity index is 1020. The highest BCUT2D eigenvalue weighted by Gasteiger charge is 2.24. The van der Waals surface area contributed by atoms with Gasteiger partial charge in [0.2, 0.25) is 0 Å². The molecule has 2 amide bonds. The van der Waals surface area contributed by atoms with Crippen molar-refractivity contribution in [1.29, 1.82) is 0 Å². The van der Waals surface area contributed by atoms with Crippen molar-refractivity contribution >= 4 is 11.8 Å². The first-order valence-electron chi connectivity index (χ1n) is 9.57. The molecule has 29 heavy (non-hydrogen) atoms. The van der Waals surface area contributed by atoms with Crippen LogP contribution in [0.15, 0.2) is 66.9 Å². The SMILES string of the molecule is O=C(c1ccccc1)N1CCCN(C(=O)c2ccn(-c3ccccc3F)n2)CC1. The highest BCUT2D eigenvalue weighted by atomic mass is 19.1. The average Bonchev–Trinajstić information content (AvgIpc) is 3.11. The molecule has 1 aliphatic rings. The van der Waals surface area contributed by atoms with E-state index in [-0.39, 0.29) is 17.5 Å². The van der Waals surface area contributed by atoms with Crippen molar-refractivity contribution in [3.8, 4) is 5.69 Å². The number of para-hydroxylation sites is 1. The van der Waals surface area contributed by atoms with Crippen LogP contribution < -0.4 is 0 Å². The van der Waals surface area contributed by atoms with E-state index in [9.17, 15) is 14.0 Å². The van der Waals surface area contributed by atoms with Gasteiger partial charge in [-0.05, 0) is 36.8 Å². The van der Waals surface area contributed by atoms with Crippen LogP contribution in [0.25, 0.3) is 5.69 Å². The Kier molecular flexibility index (Phi) is 5.37. The number of amides is 2. The van der Waals surface area contributed by atoms with Crippen molar-refractivity contribution in [3.63, 3.8) is 0 Å². The second kappa shape index (κ2) is 8.26. The van der Waals surface area contributed by atoms with E-state index >= 15 is 0 Å². The van der Waals surface area contributed by atoms with Crippen LogP contribution in [0.5, 0.6) is 0 Å². The lowest BCUT2D eigenvalue weighted by molar-refractivity contribution is 0.0715. The van der Waals surface area contributed by atoms with Crippen molar-refractivity contribution in [3.05, 3.63) is 83.9 Å². The quantitative estimate of drug-likeness (QED) is 0.689. The van der Waals surface area contributed by atoms with Crippen LogP contribution in [0.1, 0.15) is 27.3 Å². The van der Waals surface area contributed by atoms with Gasteiger partial charge in [0.1, 0.15) is 11.5 Å². The third kappa shape index (κ3) is 4.03.